The van der Waals surface area contributed by atoms with E-state index in [2.05, 4.69) is 59.4 Å². The topological polar surface area (TPSA) is 74.2 Å². The molecule has 0 amide bonds. The van der Waals surface area contributed by atoms with Crippen molar-refractivity contribution >= 4 is 78.4 Å². The molecule has 29 heavy (non-hydrogen) atoms. The zero-order valence-electron chi connectivity index (χ0n) is 15.3. The van der Waals surface area contributed by atoms with Gasteiger partial charge in [-0.3, -0.25) is 4.79 Å². The molecular weight excluding hydrogens is 621 g/mol. The van der Waals surface area contributed by atoms with Crippen LogP contribution in [0.15, 0.2) is 50.0 Å². The number of rotatable bonds is 5. The summed E-state index contributed by atoms with van der Waals surface area (Å²) in [6.45, 7) is 1.70. The van der Waals surface area contributed by atoms with Crippen molar-refractivity contribution in [3.05, 3.63) is 59.7 Å². The molecule has 0 radical (unpaired) electrons. The molecule has 0 atom stereocenters. The maximum atomic E-state index is 12.3. The second kappa shape index (κ2) is 9.40. The fourth-order valence-electron chi connectivity index (χ4n) is 2.43. The van der Waals surface area contributed by atoms with Gasteiger partial charge in [-0.25, -0.2) is 9.79 Å². The van der Waals surface area contributed by atoms with E-state index in [1.54, 1.807) is 25.1 Å². The molecule has 0 spiro atoms. The van der Waals surface area contributed by atoms with Gasteiger partial charge in [0.2, 0.25) is 5.90 Å². The molecule has 0 saturated heterocycles. The van der Waals surface area contributed by atoms with Crippen molar-refractivity contribution in [2.24, 2.45) is 4.99 Å². The van der Waals surface area contributed by atoms with Gasteiger partial charge in [-0.1, -0.05) is 6.92 Å². The SMILES string of the molecule is CCC(=O)Oc1c(Br)cc(/C=C2\N=C(c3ccc(I)c(Br)c3)OC2=O)cc1OC. The Labute approximate surface area is 197 Å². The van der Waals surface area contributed by atoms with Crippen molar-refractivity contribution in [1.82, 2.24) is 0 Å². The van der Waals surface area contributed by atoms with E-state index in [0.29, 0.717) is 21.3 Å². The van der Waals surface area contributed by atoms with Gasteiger partial charge in [-0.2, -0.15) is 0 Å². The minimum Gasteiger partial charge on any atom is -0.493 e. The summed E-state index contributed by atoms with van der Waals surface area (Å²) in [5, 5.41) is 0. The van der Waals surface area contributed by atoms with Crippen LogP contribution in [-0.4, -0.2) is 24.9 Å². The van der Waals surface area contributed by atoms with Crippen molar-refractivity contribution < 1.29 is 23.8 Å². The Morgan fingerprint density at radius 3 is 2.66 bits per heavy atom. The summed E-state index contributed by atoms with van der Waals surface area (Å²) in [5.41, 5.74) is 1.47. The number of carbonyl (C=O) groups is 2. The van der Waals surface area contributed by atoms with Crippen molar-refractivity contribution in [2.45, 2.75) is 13.3 Å². The van der Waals surface area contributed by atoms with Crippen molar-refractivity contribution in [3.63, 3.8) is 0 Å². The summed E-state index contributed by atoms with van der Waals surface area (Å²) >= 11 is 9.03. The molecule has 1 aliphatic heterocycles. The van der Waals surface area contributed by atoms with Gasteiger partial charge in [0.15, 0.2) is 17.2 Å². The van der Waals surface area contributed by atoms with Crippen LogP contribution >= 0.6 is 54.5 Å². The van der Waals surface area contributed by atoms with Crippen LogP contribution in [0.2, 0.25) is 0 Å². The lowest BCUT2D eigenvalue weighted by molar-refractivity contribution is -0.134. The van der Waals surface area contributed by atoms with E-state index in [0.717, 1.165) is 8.04 Å². The summed E-state index contributed by atoms with van der Waals surface area (Å²) in [4.78, 5) is 28.2. The van der Waals surface area contributed by atoms with Gasteiger partial charge in [0.05, 0.1) is 11.6 Å². The van der Waals surface area contributed by atoms with Gasteiger partial charge in [-0.05, 0) is 96.4 Å². The average molecular weight is 635 g/mol. The first kappa shape index (κ1) is 22.0. The third kappa shape index (κ3) is 5.07. The molecule has 1 aliphatic rings. The molecule has 0 aliphatic carbocycles. The monoisotopic (exact) mass is 633 g/mol. The van der Waals surface area contributed by atoms with Gasteiger partial charge in [-0.15, -0.1) is 0 Å². The quantitative estimate of drug-likeness (QED) is 0.188. The van der Waals surface area contributed by atoms with Crippen LogP contribution in [0.1, 0.15) is 24.5 Å². The molecule has 1 heterocycles. The number of aliphatic imine (C=N–C) groups is 1. The number of nitrogens with zero attached hydrogens (tertiary/aromatic N) is 1. The number of ether oxygens (including phenoxy) is 3. The Morgan fingerprint density at radius 2 is 2.00 bits per heavy atom. The number of benzene rings is 2. The summed E-state index contributed by atoms with van der Waals surface area (Å²) < 4.78 is 18.4. The summed E-state index contributed by atoms with van der Waals surface area (Å²) in [5.74, 6) is -0.0647. The Morgan fingerprint density at radius 1 is 1.24 bits per heavy atom. The third-order valence-corrected chi connectivity index (χ3v) is 6.77. The van der Waals surface area contributed by atoms with Crippen molar-refractivity contribution in [1.29, 1.82) is 0 Å². The smallest absolute Gasteiger partial charge is 0.363 e. The zero-order valence-corrected chi connectivity index (χ0v) is 20.6. The van der Waals surface area contributed by atoms with E-state index in [-0.39, 0.29) is 29.7 Å². The maximum absolute atomic E-state index is 12.3. The van der Waals surface area contributed by atoms with E-state index >= 15 is 0 Å². The van der Waals surface area contributed by atoms with Gasteiger partial charge in [0.25, 0.3) is 0 Å². The number of hydrogen-bond acceptors (Lipinski definition) is 6. The standard InChI is InChI=1S/C20H14Br2INO5/c1-3-17(25)28-18-13(22)6-10(8-16(18)27-2)7-15-20(26)29-19(24-15)11-4-5-14(23)12(21)9-11/h4-9H,3H2,1-2H3/b15-7-. The molecule has 3 rings (SSSR count). The molecule has 9 heteroatoms. The summed E-state index contributed by atoms with van der Waals surface area (Å²) in [6.07, 6.45) is 1.81. The lowest BCUT2D eigenvalue weighted by atomic mass is 10.1. The van der Waals surface area contributed by atoms with Crippen LogP contribution in [0.25, 0.3) is 6.08 Å². The number of hydrogen-bond donors (Lipinski definition) is 0. The van der Waals surface area contributed by atoms with Crippen LogP contribution in [0.3, 0.4) is 0 Å². The Kier molecular flexibility index (Phi) is 7.12. The predicted molar refractivity (Wildman–Crippen MR) is 124 cm³/mol. The first-order valence-electron chi connectivity index (χ1n) is 8.38. The van der Waals surface area contributed by atoms with Crippen LogP contribution in [0, 0.1) is 3.57 Å². The van der Waals surface area contributed by atoms with Crippen LogP contribution in [0.5, 0.6) is 11.5 Å². The molecule has 0 unspecified atom stereocenters. The van der Waals surface area contributed by atoms with Gasteiger partial charge >= 0.3 is 11.9 Å². The molecule has 2 aromatic carbocycles. The summed E-state index contributed by atoms with van der Waals surface area (Å²) in [7, 11) is 1.47. The average Bonchev–Trinajstić information content (AvgIpc) is 3.05. The molecule has 0 aromatic heterocycles. The van der Waals surface area contributed by atoms with E-state index in [1.165, 1.54) is 7.11 Å². The first-order chi connectivity index (χ1) is 13.8. The molecule has 0 saturated carbocycles. The number of carbonyl (C=O) groups excluding carboxylic acids is 2. The molecule has 0 bridgehead atoms. The molecular formula is C20H14Br2INO5. The fraction of sp³-hybridized carbons (Fsp3) is 0.150. The fourth-order valence-corrected chi connectivity index (χ4v) is 3.68. The molecule has 0 fully saturated rings. The lowest BCUT2D eigenvalue weighted by Crippen LogP contribution is -2.07. The van der Waals surface area contributed by atoms with Crippen molar-refractivity contribution in [2.75, 3.05) is 7.11 Å². The largest absolute Gasteiger partial charge is 0.493 e. The number of halogens is 3. The van der Waals surface area contributed by atoms with Gasteiger partial charge in [0.1, 0.15) is 0 Å². The van der Waals surface area contributed by atoms with Crippen molar-refractivity contribution in [3.8, 4) is 11.5 Å². The highest BCUT2D eigenvalue weighted by Gasteiger charge is 2.25. The minimum absolute atomic E-state index is 0.155. The third-order valence-electron chi connectivity index (χ3n) is 3.85. The predicted octanol–water partition coefficient (Wildman–Crippen LogP) is 5.48. The second-order valence-corrected chi connectivity index (χ2v) is 8.70. The normalized spacial score (nSPS) is 14.6. The Bertz CT molecular complexity index is 1070. The van der Waals surface area contributed by atoms with E-state index in [4.69, 9.17) is 14.2 Å². The van der Waals surface area contributed by atoms with E-state index in [1.807, 2.05) is 18.2 Å². The molecule has 150 valence electrons. The lowest BCUT2D eigenvalue weighted by Gasteiger charge is -2.11. The van der Waals surface area contributed by atoms with Gasteiger partial charge < -0.3 is 14.2 Å². The van der Waals surface area contributed by atoms with Crippen LogP contribution in [-0.2, 0) is 14.3 Å². The first-order valence-corrected chi connectivity index (χ1v) is 11.0. The maximum Gasteiger partial charge on any atom is 0.363 e. The summed E-state index contributed by atoms with van der Waals surface area (Å²) in [6, 6.07) is 8.93. The molecule has 2 aromatic rings. The number of methoxy groups -OCH3 is 1. The van der Waals surface area contributed by atoms with E-state index < -0.39 is 5.97 Å². The van der Waals surface area contributed by atoms with E-state index in [9.17, 15) is 9.59 Å². The van der Waals surface area contributed by atoms with Crippen LogP contribution in [0.4, 0.5) is 0 Å². The van der Waals surface area contributed by atoms with Gasteiger partial charge in [0, 0.05) is 20.0 Å². The Hall–Kier alpha value is -1.72. The van der Waals surface area contributed by atoms with Crippen LogP contribution < -0.4 is 9.47 Å². The highest BCUT2D eigenvalue weighted by Crippen LogP contribution is 2.38. The Balaban J connectivity index is 1.95. The molecule has 6 nitrogen and oxygen atoms in total. The second-order valence-electron chi connectivity index (χ2n) is 5.83. The number of cyclic esters (lactones) is 1. The minimum atomic E-state index is -0.550. The zero-order chi connectivity index (χ0) is 21.1. The number of esters is 2. The highest BCUT2D eigenvalue weighted by atomic mass is 127. The highest BCUT2D eigenvalue weighted by molar-refractivity contribution is 14.1. The molecule has 0 N–H and O–H groups in total.